The largest absolute Gasteiger partial charge is 0.370 e. The highest BCUT2D eigenvalue weighted by atomic mass is 16.2. The van der Waals surface area contributed by atoms with Gasteiger partial charge in [-0.1, -0.05) is 119 Å². The van der Waals surface area contributed by atoms with Crippen LogP contribution < -0.4 is 49.9 Å². The number of nitrogens with zero attached hydrogens (tertiary/aromatic N) is 2. The van der Waals surface area contributed by atoms with Gasteiger partial charge in [-0.2, -0.15) is 0 Å². The van der Waals surface area contributed by atoms with E-state index in [4.69, 9.17) is 28.7 Å². The minimum Gasteiger partial charge on any atom is -0.370 e. The highest BCUT2D eigenvalue weighted by Crippen LogP contribution is 2.29. The fourth-order valence-electron chi connectivity index (χ4n) is 10.1. The molecule has 0 aromatic rings. The number of unbranched alkanes of at least 4 members (excludes halogenated alkanes) is 12. The number of Topliss-reactive ketones (excluding diaryl/α,β-unsaturated/α-hetero) is 4. The number of ketones is 4. The smallest absolute Gasteiger partial charge is 0.226 e. The van der Waals surface area contributed by atoms with Crippen molar-refractivity contribution in [2.75, 3.05) is 19.6 Å². The van der Waals surface area contributed by atoms with Gasteiger partial charge in [-0.05, 0) is 83.1 Å². The molecule has 0 saturated carbocycles. The normalized spacial score (nSPS) is 16.3. The Morgan fingerprint density at radius 1 is 0.584 bits per heavy atom. The molecule has 1 aliphatic rings. The summed E-state index contributed by atoms with van der Waals surface area (Å²) in [5, 5.41) is 11.2. The summed E-state index contributed by atoms with van der Waals surface area (Å²) in [5.74, 6) is -7.68. The van der Waals surface area contributed by atoms with E-state index in [0.717, 1.165) is 38.5 Å². The molecule has 14 N–H and O–H groups in total. The molecule has 1 fully saturated rings. The molecule has 8 atom stereocenters. The maximum Gasteiger partial charge on any atom is 0.226 e. The van der Waals surface area contributed by atoms with Crippen LogP contribution in [0, 0.1) is 35.5 Å². The predicted molar refractivity (Wildman–Crippen MR) is 303 cm³/mol. The van der Waals surface area contributed by atoms with Crippen LogP contribution in [0.2, 0.25) is 0 Å². The molecule has 442 valence electrons. The second-order valence-electron chi connectivity index (χ2n) is 22.7. The van der Waals surface area contributed by atoms with Gasteiger partial charge in [0.05, 0.1) is 30.1 Å². The van der Waals surface area contributed by atoms with Gasteiger partial charge in [0.15, 0.2) is 29.1 Å². The van der Waals surface area contributed by atoms with Crippen molar-refractivity contribution in [3.63, 3.8) is 0 Å². The van der Waals surface area contributed by atoms with E-state index in [9.17, 15) is 43.2 Å². The molecule has 1 heterocycles. The lowest BCUT2D eigenvalue weighted by atomic mass is 9.86. The molecule has 0 spiro atoms. The van der Waals surface area contributed by atoms with Crippen LogP contribution in [0.1, 0.15) is 216 Å². The zero-order valence-electron chi connectivity index (χ0n) is 48.6. The number of amides is 5. The molecule has 0 unspecified atom stereocenters. The maximum absolute atomic E-state index is 14.5. The van der Waals surface area contributed by atoms with Gasteiger partial charge >= 0.3 is 0 Å². The Morgan fingerprint density at radius 3 is 1.66 bits per heavy atom. The Balaban J connectivity index is 2.99. The van der Waals surface area contributed by atoms with Crippen molar-refractivity contribution >= 4 is 58.6 Å². The van der Waals surface area contributed by atoms with Crippen LogP contribution in [0.4, 0.5) is 0 Å². The third kappa shape index (κ3) is 30.2. The van der Waals surface area contributed by atoms with Crippen molar-refractivity contribution < 1.29 is 43.2 Å². The number of hydrogen-bond acceptors (Lipinski definition) is 13. The van der Waals surface area contributed by atoms with Crippen LogP contribution in [0.3, 0.4) is 0 Å². The van der Waals surface area contributed by atoms with Gasteiger partial charge in [-0.25, -0.2) is 0 Å². The number of rotatable bonds is 45. The van der Waals surface area contributed by atoms with Crippen LogP contribution in [-0.2, 0) is 43.2 Å². The predicted octanol–water partition coefficient (Wildman–Crippen LogP) is 5.09. The van der Waals surface area contributed by atoms with E-state index in [2.05, 4.69) is 33.2 Å². The Bertz CT molecular complexity index is 1860. The summed E-state index contributed by atoms with van der Waals surface area (Å²) < 4.78 is 0. The van der Waals surface area contributed by atoms with E-state index in [-0.39, 0.29) is 91.7 Å². The SMILES string of the molecule is CCCCCCCCCCCCCCCC(=O)N[C@H](C(=O)C[C@@H](CCCN=C(N)N)C(=O)N1CCC[C@H]1C(=O)C[C@H](C(=O)N[C@@H](C)C(=O)C[C@@H](CC(N)=O)C(=O)N[C@@H](C)C(=O)C[C@H](C)CCCNC(N)N)C(C)C)C(C)C. The van der Waals surface area contributed by atoms with E-state index in [1.807, 2.05) is 20.8 Å². The summed E-state index contributed by atoms with van der Waals surface area (Å²) >= 11 is 0. The van der Waals surface area contributed by atoms with E-state index in [1.54, 1.807) is 13.8 Å². The van der Waals surface area contributed by atoms with Gasteiger partial charge < -0.3 is 49.5 Å². The fourth-order valence-corrected chi connectivity index (χ4v) is 10.1. The highest BCUT2D eigenvalue weighted by molar-refractivity contribution is 5.98. The molecule has 20 heteroatoms. The van der Waals surface area contributed by atoms with E-state index >= 15 is 0 Å². The molecule has 0 radical (unpaired) electrons. The summed E-state index contributed by atoms with van der Waals surface area (Å²) in [6, 6.07) is -3.68. The van der Waals surface area contributed by atoms with E-state index in [0.29, 0.717) is 32.2 Å². The average Bonchev–Trinajstić information content (AvgIpc) is 3.85. The fraction of sp³-hybridized carbons (Fsp3) is 0.825. The first-order chi connectivity index (χ1) is 36.4. The van der Waals surface area contributed by atoms with E-state index in [1.165, 1.54) is 76.5 Å². The third-order valence-electron chi connectivity index (χ3n) is 14.9. The Labute approximate surface area is 461 Å². The molecular weight excluding hydrogens is 983 g/mol. The van der Waals surface area contributed by atoms with Gasteiger partial charge in [0.25, 0.3) is 0 Å². The summed E-state index contributed by atoms with van der Waals surface area (Å²) in [7, 11) is 0. The molecule has 77 heavy (non-hydrogen) atoms. The third-order valence-corrected chi connectivity index (χ3v) is 14.9. The van der Waals surface area contributed by atoms with Gasteiger partial charge in [0, 0.05) is 63.5 Å². The zero-order chi connectivity index (χ0) is 58.0. The molecule has 1 aliphatic heterocycles. The van der Waals surface area contributed by atoms with Crippen molar-refractivity contribution in [1.29, 1.82) is 0 Å². The highest BCUT2D eigenvalue weighted by Gasteiger charge is 2.40. The molecule has 0 bridgehead atoms. The number of likely N-dealkylation sites (tertiary alicyclic amines) is 1. The van der Waals surface area contributed by atoms with E-state index < -0.39 is 84.6 Å². The summed E-state index contributed by atoms with van der Waals surface area (Å²) in [6.45, 7) is 15.5. The van der Waals surface area contributed by atoms with Gasteiger partial charge in [0.2, 0.25) is 29.5 Å². The Kier molecular flexibility index (Phi) is 36.0. The van der Waals surface area contributed by atoms with Gasteiger partial charge in [0.1, 0.15) is 6.29 Å². The maximum atomic E-state index is 14.5. The number of carbonyl (C=O) groups excluding carboxylic acids is 9. The first-order valence-corrected chi connectivity index (χ1v) is 29.3. The molecular formula is C57H105N11O9. The monoisotopic (exact) mass is 1090 g/mol. The second kappa shape index (κ2) is 39.5. The van der Waals surface area contributed by atoms with Crippen LogP contribution in [-0.4, -0.2) is 114 Å². The molecule has 1 rings (SSSR count). The van der Waals surface area contributed by atoms with Crippen LogP contribution in [0.5, 0.6) is 0 Å². The topological polar surface area (TPSA) is 347 Å². The summed E-state index contributed by atoms with van der Waals surface area (Å²) in [5.41, 5.74) is 27.6. The number of guanidine groups is 1. The average molecular weight is 1090 g/mol. The van der Waals surface area contributed by atoms with Crippen molar-refractivity contribution in [2.45, 2.75) is 246 Å². The zero-order valence-corrected chi connectivity index (χ0v) is 48.6. The van der Waals surface area contributed by atoms with Gasteiger partial charge in [-0.15, -0.1) is 0 Å². The number of aliphatic imine (C=N–C) groups is 1. The molecule has 20 nitrogen and oxygen atoms in total. The molecule has 0 aliphatic carbocycles. The minimum atomic E-state index is -1.20. The van der Waals surface area contributed by atoms with Crippen LogP contribution >= 0.6 is 0 Å². The molecule has 0 aromatic carbocycles. The minimum absolute atomic E-state index is 0.0106. The molecule has 0 aromatic heterocycles. The molecule has 5 amide bonds. The summed E-state index contributed by atoms with van der Waals surface area (Å²) in [4.78, 5) is 127. The van der Waals surface area contributed by atoms with Crippen LogP contribution in [0.15, 0.2) is 4.99 Å². The first kappa shape index (κ1) is 70.2. The van der Waals surface area contributed by atoms with Crippen molar-refractivity contribution in [3.8, 4) is 0 Å². The Morgan fingerprint density at radius 2 is 1.13 bits per heavy atom. The number of hydrogen-bond donors (Lipinski definition) is 9. The number of carbonyl (C=O) groups is 9. The molecule has 1 saturated heterocycles. The first-order valence-electron chi connectivity index (χ1n) is 29.3. The quantitative estimate of drug-likeness (QED) is 0.0166. The van der Waals surface area contributed by atoms with Crippen LogP contribution in [0.25, 0.3) is 0 Å². The lowest BCUT2D eigenvalue weighted by molar-refractivity contribution is -0.144. The lowest BCUT2D eigenvalue weighted by Gasteiger charge is -2.30. The Hall–Kier alpha value is -4.82. The number of primary amides is 1. The lowest BCUT2D eigenvalue weighted by Crippen LogP contribution is -2.49. The summed E-state index contributed by atoms with van der Waals surface area (Å²) in [6.07, 6.45) is 17.0. The van der Waals surface area contributed by atoms with Crippen molar-refractivity contribution in [1.82, 2.24) is 26.2 Å². The van der Waals surface area contributed by atoms with Crippen molar-refractivity contribution in [3.05, 3.63) is 0 Å². The van der Waals surface area contributed by atoms with Gasteiger partial charge in [-0.3, -0.25) is 53.5 Å². The standard InChI is InChI=1S/C57H105N11O9/c1-9-10-11-12-13-14-15-16-17-18-19-20-21-28-51(74)67-52(38(4)5)49(72)33-42(26-23-30-64-57(61)62)55(77)68-31-24-27-45(68)48(71)36-44(37(2)3)54(76)66-41(8)47(70)34-43(35-50(58)73)53(75)65-40(7)46(69)32-39(6)25-22-29-63-56(59)60/h37-45,52,56,63H,9-36,59-60H2,1-8H3,(H2,58,73)(H,65,75)(H,66,76)(H,67,74)(H4,61,62,64)/t39-,40+,41+,42-,43+,44+,45+,52+/m1/s1. The number of nitrogens with one attached hydrogen (secondary N) is 4. The number of nitrogens with two attached hydrogens (primary N) is 5. The van der Waals surface area contributed by atoms with Crippen molar-refractivity contribution in [2.24, 2.45) is 69.2 Å². The second-order valence-corrected chi connectivity index (χ2v) is 22.7.